The van der Waals surface area contributed by atoms with Gasteiger partial charge in [0, 0.05) is 4.90 Å². The minimum absolute atomic E-state index is 0.247. The van der Waals surface area contributed by atoms with Crippen LogP contribution < -0.4 is 0 Å². The van der Waals surface area contributed by atoms with Crippen LogP contribution in [0, 0.1) is 17.1 Å². The van der Waals surface area contributed by atoms with E-state index in [1.54, 1.807) is 18.2 Å². The molecular weight excluding hydrogens is 211 g/mol. The Balaban J connectivity index is 2.15. The van der Waals surface area contributed by atoms with E-state index in [2.05, 4.69) is 4.98 Å². The second-order valence-electron chi connectivity index (χ2n) is 2.90. The Hall–Kier alpha value is -1.73. The van der Waals surface area contributed by atoms with E-state index >= 15 is 0 Å². The van der Waals surface area contributed by atoms with Gasteiger partial charge in [-0.05, 0) is 36.4 Å². The number of rotatable bonds is 2. The van der Waals surface area contributed by atoms with Crippen LogP contribution in [0.25, 0.3) is 0 Å². The Morgan fingerprint density at radius 1 is 1.13 bits per heavy atom. The Morgan fingerprint density at radius 2 is 1.87 bits per heavy atom. The van der Waals surface area contributed by atoms with Crippen LogP contribution in [0.15, 0.2) is 46.3 Å². The molecule has 1 heterocycles. The second kappa shape index (κ2) is 4.20. The second-order valence-corrected chi connectivity index (χ2v) is 4.02. The monoisotopic (exact) mass is 218 g/mol. The molecule has 0 aliphatic carbocycles. The zero-order valence-corrected chi connectivity index (χ0v) is 8.51. The molecule has 0 bridgehead atoms. The molecule has 0 spiro atoms. The number of aromatic amines is 1. The zero-order chi connectivity index (χ0) is 10.7. The molecule has 2 aromatic rings. The van der Waals surface area contributed by atoms with E-state index in [0.717, 1.165) is 9.92 Å². The first kappa shape index (κ1) is 9.81. The highest BCUT2D eigenvalue weighted by Crippen LogP contribution is 2.26. The average Bonchev–Trinajstić information content (AvgIpc) is 2.69. The van der Waals surface area contributed by atoms with Crippen molar-refractivity contribution in [3.05, 3.63) is 47.9 Å². The summed E-state index contributed by atoms with van der Waals surface area (Å²) in [5, 5.41) is 9.49. The van der Waals surface area contributed by atoms with Gasteiger partial charge in [0.1, 0.15) is 17.6 Å². The largest absolute Gasteiger partial charge is 0.341 e. The summed E-state index contributed by atoms with van der Waals surface area (Å²) in [6.07, 6.45) is 0. The van der Waals surface area contributed by atoms with E-state index in [-0.39, 0.29) is 5.82 Å². The van der Waals surface area contributed by atoms with Crippen molar-refractivity contribution in [2.45, 2.75) is 9.92 Å². The van der Waals surface area contributed by atoms with Crippen molar-refractivity contribution in [1.82, 2.24) is 4.98 Å². The molecule has 4 heteroatoms. The lowest BCUT2D eigenvalue weighted by Gasteiger charge is -1.97. The summed E-state index contributed by atoms with van der Waals surface area (Å²) in [5.41, 5.74) is 0.527. The number of H-pyrrole nitrogens is 1. The lowest BCUT2D eigenvalue weighted by molar-refractivity contribution is 0.626. The van der Waals surface area contributed by atoms with E-state index in [9.17, 15) is 4.39 Å². The number of hydrogen-bond donors (Lipinski definition) is 1. The lowest BCUT2D eigenvalue weighted by atomic mass is 10.4. The van der Waals surface area contributed by atoms with Gasteiger partial charge in [0.05, 0.1) is 5.03 Å². The molecule has 0 aliphatic heterocycles. The summed E-state index contributed by atoms with van der Waals surface area (Å²) in [6.45, 7) is 0. The van der Waals surface area contributed by atoms with Gasteiger partial charge in [0.25, 0.3) is 0 Å². The highest BCUT2D eigenvalue weighted by atomic mass is 32.2. The van der Waals surface area contributed by atoms with E-state index in [1.165, 1.54) is 23.9 Å². The third-order valence-electron chi connectivity index (χ3n) is 1.82. The summed E-state index contributed by atoms with van der Waals surface area (Å²) < 4.78 is 12.6. The fourth-order valence-electron chi connectivity index (χ4n) is 1.13. The molecule has 0 unspecified atom stereocenters. The van der Waals surface area contributed by atoms with Crippen LogP contribution in [0.5, 0.6) is 0 Å². The van der Waals surface area contributed by atoms with Crippen molar-refractivity contribution < 1.29 is 4.39 Å². The molecule has 15 heavy (non-hydrogen) atoms. The molecule has 0 amide bonds. The standard InChI is InChI=1S/C11H7FN2S/c12-8-1-4-10(5-2-8)15-11-6-3-9(7-13)14-11/h1-6,14H. The van der Waals surface area contributed by atoms with Crippen molar-refractivity contribution in [3.63, 3.8) is 0 Å². The van der Waals surface area contributed by atoms with Crippen LogP contribution in [0.2, 0.25) is 0 Å². The van der Waals surface area contributed by atoms with Gasteiger partial charge in [-0.1, -0.05) is 11.8 Å². The summed E-state index contributed by atoms with van der Waals surface area (Å²) >= 11 is 1.46. The predicted molar refractivity (Wildman–Crippen MR) is 56.0 cm³/mol. The van der Waals surface area contributed by atoms with E-state index in [1.807, 2.05) is 12.1 Å². The highest BCUT2D eigenvalue weighted by molar-refractivity contribution is 7.99. The minimum Gasteiger partial charge on any atom is -0.341 e. The predicted octanol–water partition coefficient (Wildman–Crippen LogP) is 3.18. The first-order chi connectivity index (χ1) is 7.28. The summed E-state index contributed by atoms with van der Waals surface area (Å²) in [6, 6.07) is 11.8. The molecule has 1 aromatic heterocycles. The molecule has 0 radical (unpaired) electrons. The Bertz CT molecular complexity index is 496. The first-order valence-electron chi connectivity index (χ1n) is 4.30. The molecule has 0 saturated heterocycles. The summed E-state index contributed by atoms with van der Waals surface area (Å²) in [7, 11) is 0. The highest BCUT2D eigenvalue weighted by Gasteiger charge is 2.00. The van der Waals surface area contributed by atoms with Gasteiger partial charge in [0.15, 0.2) is 0 Å². The number of hydrogen-bond acceptors (Lipinski definition) is 2. The number of nitrogens with zero attached hydrogens (tertiary/aromatic N) is 1. The summed E-state index contributed by atoms with van der Waals surface area (Å²) in [5.74, 6) is -0.247. The molecule has 0 atom stereocenters. The molecule has 1 N–H and O–H groups in total. The van der Waals surface area contributed by atoms with Gasteiger partial charge in [-0.15, -0.1) is 0 Å². The van der Waals surface area contributed by atoms with Crippen LogP contribution in [0.3, 0.4) is 0 Å². The van der Waals surface area contributed by atoms with Crippen molar-refractivity contribution in [3.8, 4) is 6.07 Å². The topological polar surface area (TPSA) is 39.6 Å². The third-order valence-corrected chi connectivity index (χ3v) is 2.79. The molecule has 2 nitrogen and oxygen atoms in total. The van der Waals surface area contributed by atoms with Gasteiger partial charge in [-0.2, -0.15) is 5.26 Å². The maximum absolute atomic E-state index is 12.6. The van der Waals surface area contributed by atoms with Crippen LogP contribution >= 0.6 is 11.8 Å². The minimum atomic E-state index is -0.247. The van der Waals surface area contributed by atoms with Crippen LogP contribution in [0.1, 0.15) is 5.69 Å². The fraction of sp³-hybridized carbons (Fsp3) is 0. The molecular formula is C11H7FN2S. The van der Waals surface area contributed by atoms with E-state index in [0.29, 0.717) is 5.69 Å². The SMILES string of the molecule is N#Cc1ccc(Sc2ccc(F)cc2)[nH]1. The number of aromatic nitrogens is 1. The van der Waals surface area contributed by atoms with E-state index < -0.39 is 0 Å². The molecule has 0 fully saturated rings. The number of benzene rings is 1. The van der Waals surface area contributed by atoms with Gasteiger partial charge in [-0.25, -0.2) is 4.39 Å². The number of nitriles is 1. The van der Waals surface area contributed by atoms with Gasteiger partial charge in [-0.3, -0.25) is 0 Å². The Kier molecular flexibility index (Phi) is 2.75. The zero-order valence-electron chi connectivity index (χ0n) is 7.70. The maximum Gasteiger partial charge on any atom is 0.123 e. The Morgan fingerprint density at radius 3 is 2.47 bits per heavy atom. The van der Waals surface area contributed by atoms with Gasteiger partial charge >= 0.3 is 0 Å². The fourth-order valence-corrected chi connectivity index (χ4v) is 1.95. The van der Waals surface area contributed by atoms with Crippen molar-refractivity contribution >= 4 is 11.8 Å². The first-order valence-corrected chi connectivity index (χ1v) is 5.12. The van der Waals surface area contributed by atoms with Crippen molar-refractivity contribution in [2.24, 2.45) is 0 Å². The van der Waals surface area contributed by atoms with Crippen LogP contribution in [-0.4, -0.2) is 4.98 Å². The third kappa shape index (κ3) is 2.39. The number of nitrogens with one attached hydrogen (secondary N) is 1. The molecule has 1 aromatic carbocycles. The van der Waals surface area contributed by atoms with Crippen LogP contribution in [-0.2, 0) is 0 Å². The normalized spacial score (nSPS) is 9.87. The molecule has 0 saturated carbocycles. The van der Waals surface area contributed by atoms with Gasteiger partial charge < -0.3 is 4.98 Å². The Labute approximate surface area is 90.7 Å². The summed E-state index contributed by atoms with van der Waals surface area (Å²) in [4.78, 5) is 3.87. The van der Waals surface area contributed by atoms with Gasteiger partial charge in [0.2, 0.25) is 0 Å². The van der Waals surface area contributed by atoms with Crippen molar-refractivity contribution in [1.29, 1.82) is 5.26 Å². The average molecular weight is 218 g/mol. The molecule has 2 rings (SSSR count). The molecule has 74 valence electrons. The lowest BCUT2D eigenvalue weighted by Crippen LogP contribution is -1.76. The van der Waals surface area contributed by atoms with Crippen molar-refractivity contribution in [2.75, 3.05) is 0 Å². The van der Waals surface area contributed by atoms with E-state index in [4.69, 9.17) is 5.26 Å². The van der Waals surface area contributed by atoms with Crippen LogP contribution in [0.4, 0.5) is 4.39 Å². The number of halogens is 1. The quantitative estimate of drug-likeness (QED) is 0.840. The maximum atomic E-state index is 12.6. The molecule has 0 aliphatic rings. The smallest absolute Gasteiger partial charge is 0.123 e.